The standard InChI is InChI=1S/C12H6ClF3N2O2/c13-8-5-17-10(18-9(8)11(19)20)6-2-1-3-7(4-6)12(14,15)16/h1-5H,(H,19,20). The van der Waals surface area contributed by atoms with Gasteiger partial charge < -0.3 is 5.11 Å². The molecule has 0 atom stereocenters. The Bertz CT molecular complexity index is 674. The summed E-state index contributed by atoms with van der Waals surface area (Å²) in [6, 6.07) is 4.28. The second kappa shape index (κ2) is 5.09. The molecule has 1 heterocycles. The number of aromatic nitrogens is 2. The van der Waals surface area contributed by atoms with Crippen LogP contribution in [-0.4, -0.2) is 21.0 Å². The average molecular weight is 303 g/mol. The van der Waals surface area contributed by atoms with Crippen LogP contribution in [0.3, 0.4) is 0 Å². The number of carboxylic acids is 1. The van der Waals surface area contributed by atoms with Crippen LogP contribution in [0.2, 0.25) is 5.02 Å². The van der Waals surface area contributed by atoms with E-state index in [0.29, 0.717) is 0 Å². The number of hydrogen-bond acceptors (Lipinski definition) is 3. The molecule has 0 spiro atoms. The van der Waals surface area contributed by atoms with Crippen molar-refractivity contribution in [2.45, 2.75) is 6.18 Å². The van der Waals surface area contributed by atoms with Crippen molar-refractivity contribution in [3.8, 4) is 11.4 Å². The highest BCUT2D eigenvalue weighted by atomic mass is 35.5. The van der Waals surface area contributed by atoms with Crippen molar-refractivity contribution >= 4 is 17.6 Å². The van der Waals surface area contributed by atoms with Crippen LogP contribution < -0.4 is 0 Å². The number of aromatic carboxylic acids is 1. The monoisotopic (exact) mass is 302 g/mol. The number of hydrogen-bond donors (Lipinski definition) is 1. The molecule has 8 heteroatoms. The van der Waals surface area contributed by atoms with Gasteiger partial charge in [0.15, 0.2) is 11.5 Å². The Morgan fingerprint density at radius 1 is 1.30 bits per heavy atom. The number of rotatable bonds is 2. The summed E-state index contributed by atoms with van der Waals surface area (Å²) in [7, 11) is 0. The van der Waals surface area contributed by atoms with Crippen molar-refractivity contribution < 1.29 is 23.1 Å². The Kier molecular flexibility index (Phi) is 3.63. The molecule has 0 saturated heterocycles. The lowest BCUT2D eigenvalue weighted by Gasteiger charge is -2.08. The lowest BCUT2D eigenvalue weighted by atomic mass is 10.1. The van der Waals surface area contributed by atoms with E-state index in [2.05, 4.69) is 9.97 Å². The highest BCUT2D eigenvalue weighted by Crippen LogP contribution is 2.31. The molecule has 0 aliphatic rings. The summed E-state index contributed by atoms with van der Waals surface area (Å²) in [5, 5.41) is 8.68. The summed E-state index contributed by atoms with van der Waals surface area (Å²) >= 11 is 5.60. The molecule has 4 nitrogen and oxygen atoms in total. The van der Waals surface area contributed by atoms with Crippen LogP contribution in [0.25, 0.3) is 11.4 Å². The third-order valence-electron chi connectivity index (χ3n) is 2.39. The molecule has 0 amide bonds. The molecule has 1 aromatic carbocycles. The second-order valence-corrected chi connectivity index (χ2v) is 4.18. The summed E-state index contributed by atoms with van der Waals surface area (Å²) in [5.74, 6) is -1.52. The third-order valence-corrected chi connectivity index (χ3v) is 2.67. The maximum absolute atomic E-state index is 12.6. The lowest BCUT2D eigenvalue weighted by Crippen LogP contribution is -2.06. The van der Waals surface area contributed by atoms with Gasteiger partial charge in [-0.1, -0.05) is 23.7 Å². The van der Waals surface area contributed by atoms with Crippen molar-refractivity contribution in [1.29, 1.82) is 0 Å². The zero-order valence-electron chi connectivity index (χ0n) is 9.65. The lowest BCUT2D eigenvalue weighted by molar-refractivity contribution is -0.137. The second-order valence-electron chi connectivity index (χ2n) is 3.77. The summed E-state index contributed by atoms with van der Waals surface area (Å²) in [4.78, 5) is 18.3. The third kappa shape index (κ3) is 2.88. The Balaban J connectivity index is 2.52. The van der Waals surface area contributed by atoms with Crippen LogP contribution in [-0.2, 0) is 6.18 Å². The molecule has 2 rings (SSSR count). The van der Waals surface area contributed by atoms with E-state index in [1.54, 1.807) is 0 Å². The highest BCUT2D eigenvalue weighted by Gasteiger charge is 2.30. The van der Waals surface area contributed by atoms with Gasteiger partial charge in [-0.05, 0) is 12.1 Å². The van der Waals surface area contributed by atoms with Gasteiger partial charge in [-0.2, -0.15) is 13.2 Å². The van der Waals surface area contributed by atoms with E-state index < -0.39 is 23.4 Å². The molecule has 0 bridgehead atoms. The largest absolute Gasteiger partial charge is 0.476 e. The van der Waals surface area contributed by atoms with Crippen LogP contribution in [0, 0.1) is 0 Å². The predicted molar refractivity (Wildman–Crippen MR) is 64.4 cm³/mol. The molecule has 20 heavy (non-hydrogen) atoms. The fourth-order valence-corrected chi connectivity index (χ4v) is 1.66. The summed E-state index contributed by atoms with van der Waals surface area (Å²) in [6.07, 6.45) is -3.47. The van der Waals surface area contributed by atoms with Gasteiger partial charge in [0.05, 0.1) is 16.8 Å². The number of alkyl halides is 3. The van der Waals surface area contributed by atoms with Gasteiger partial charge in [-0.25, -0.2) is 14.8 Å². The van der Waals surface area contributed by atoms with Gasteiger partial charge in [-0.3, -0.25) is 0 Å². The molecule has 0 fully saturated rings. The highest BCUT2D eigenvalue weighted by molar-refractivity contribution is 6.33. The number of carbonyl (C=O) groups is 1. The van der Waals surface area contributed by atoms with E-state index in [1.807, 2.05) is 0 Å². The van der Waals surface area contributed by atoms with Crippen LogP contribution in [0.4, 0.5) is 13.2 Å². The molecule has 1 aromatic heterocycles. The normalized spacial score (nSPS) is 11.4. The fraction of sp³-hybridized carbons (Fsp3) is 0.0833. The van der Waals surface area contributed by atoms with Gasteiger partial charge in [0.2, 0.25) is 0 Å². The minimum Gasteiger partial charge on any atom is -0.476 e. The van der Waals surface area contributed by atoms with Crippen LogP contribution in [0.5, 0.6) is 0 Å². The Hall–Kier alpha value is -2.15. The minimum absolute atomic E-state index is 0.0546. The molecule has 0 unspecified atom stereocenters. The number of benzene rings is 1. The molecule has 0 radical (unpaired) electrons. The Morgan fingerprint density at radius 2 is 2.00 bits per heavy atom. The molecule has 104 valence electrons. The minimum atomic E-state index is -4.50. The van der Waals surface area contributed by atoms with Crippen LogP contribution in [0.1, 0.15) is 16.1 Å². The van der Waals surface area contributed by atoms with E-state index in [0.717, 1.165) is 18.3 Å². The van der Waals surface area contributed by atoms with Crippen molar-refractivity contribution in [2.24, 2.45) is 0 Å². The summed E-state index contributed by atoms with van der Waals surface area (Å²) in [5.41, 5.74) is -1.28. The first-order valence-electron chi connectivity index (χ1n) is 5.22. The zero-order chi connectivity index (χ0) is 14.9. The van der Waals surface area contributed by atoms with E-state index >= 15 is 0 Å². The van der Waals surface area contributed by atoms with Crippen molar-refractivity contribution in [3.63, 3.8) is 0 Å². The zero-order valence-corrected chi connectivity index (χ0v) is 10.4. The van der Waals surface area contributed by atoms with Gasteiger partial charge in [-0.15, -0.1) is 0 Å². The Labute approximate surface area is 115 Å². The molecule has 1 N–H and O–H groups in total. The molecular weight excluding hydrogens is 297 g/mol. The number of carboxylic acid groups (broad SMARTS) is 1. The van der Waals surface area contributed by atoms with Crippen molar-refractivity contribution in [3.05, 3.63) is 46.7 Å². The van der Waals surface area contributed by atoms with Crippen molar-refractivity contribution in [1.82, 2.24) is 9.97 Å². The molecule has 0 aliphatic heterocycles. The summed E-state index contributed by atoms with van der Waals surface area (Å²) < 4.78 is 37.8. The smallest absolute Gasteiger partial charge is 0.416 e. The molecule has 0 saturated carbocycles. The van der Waals surface area contributed by atoms with Gasteiger partial charge >= 0.3 is 12.1 Å². The molecular formula is C12H6ClF3N2O2. The first-order valence-corrected chi connectivity index (χ1v) is 5.60. The topological polar surface area (TPSA) is 63.1 Å². The Morgan fingerprint density at radius 3 is 2.60 bits per heavy atom. The van der Waals surface area contributed by atoms with Gasteiger partial charge in [0.1, 0.15) is 0 Å². The van der Waals surface area contributed by atoms with Crippen LogP contribution in [0.15, 0.2) is 30.5 Å². The van der Waals surface area contributed by atoms with E-state index in [4.69, 9.17) is 16.7 Å². The fourth-order valence-electron chi connectivity index (χ4n) is 1.49. The quantitative estimate of drug-likeness (QED) is 0.922. The van der Waals surface area contributed by atoms with E-state index in [-0.39, 0.29) is 16.4 Å². The average Bonchev–Trinajstić information content (AvgIpc) is 2.38. The first-order chi connectivity index (χ1) is 9.29. The number of nitrogens with zero attached hydrogens (tertiary/aromatic N) is 2. The van der Waals surface area contributed by atoms with E-state index in [1.165, 1.54) is 12.1 Å². The summed E-state index contributed by atoms with van der Waals surface area (Å²) in [6.45, 7) is 0. The van der Waals surface area contributed by atoms with Gasteiger partial charge in [0, 0.05) is 5.56 Å². The molecule has 0 aliphatic carbocycles. The maximum Gasteiger partial charge on any atom is 0.416 e. The maximum atomic E-state index is 12.6. The molecule has 2 aromatic rings. The van der Waals surface area contributed by atoms with Crippen LogP contribution >= 0.6 is 11.6 Å². The predicted octanol–water partition coefficient (Wildman–Crippen LogP) is 3.51. The van der Waals surface area contributed by atoms with Crippen molar-refractivity contribution in [2.75, 3.05) is 0 Å². The van der Waals surface area contributed by atoms with Gasteiger partial charge in [0.25, 0.3) is 0 Å². The first kappa shape index (κ1) is 14.3. The number of halogens is 4. The SMILES string of the molecule is O=C(O)c1nc(-c2cccc(C(F)(F)F)c2)ncc1Cl. The van der Waals surface area contributed by atoms with E-state index in [9.17, 15) is 18.0 Å².